The second kappa shape index (κ2) is 2.99. The van der Waals surface area contributed by atoms with Gasteiger partial charge in [-0.2, -0.15) is 8.78 Å². The molecule has 0 fully saturated rings. The third-order valence-corrected chi connectivity index (χ3v) is 1.97. The Labute approximate surface area is 86.5 Å². The molecule has 8 heteroatoms. The Bertz CT molecular complexity index is 478. The van der Waals surface area contributed by atoms with Gasteiger partial charge in [0.25, 0.3) is 0 Å². The van der Waals surface area contributed by atoms with Crippen molar-refractivity contribution < 1.29 is 8.78 Å². The Morgan fingerprint density at radius 3 is 2.71 bits per heavy atom. The van der Waals surface area contributed by atoms with Crippen molar-refractivity contribution in [2.45, 2.75) is 5.38 Å². The summed E-state index contributed by atoms with van der Waals surface area (Å²) in [6.45, 7) is 0. The van der Waals surface area contributed by atoms with E-state index in [2.05, 4.69) is 15.2 Å². The average Bonchev–Trinajstić information content (AvgIpc) is 2.47. The summed E-state index contributed by atoms with van der Waals surface area (Å²) in [6.07, 6.45) is 2.51. The Kier molecular flexibility index (Phi) is 2.04. The molecule has 0 spiro atoms. The van der Waals surface area contributed by atoms with Crippen LogP contribution in [0.1, 0.15) is 5.82 Å². The predicted molar refractivity (Wildman–Crippen MR) is 45.5 cm³/mol. The molecule has 0 saturated carbocycles. The van der Waals surface area contributed by atoms with Gasteiger partial charge >= 0.3 is 5.38 Å². The number of rotatable bonds is 1. The van der Waals surface area contributed by atoms with Crippen LogP contribution >= 0.6 is 23.2 Å². The number of alkyl halides is 3. The molecule has 0 atom stereocenters. The Morgan fingerprint density at radius 1 is 1.36 bits per heavy atom. The first-order valence-corrected chi connectivity index (χ1v) is 4.18. The molecule has 0 aliphatic rings. The van der Waals surface area contributed by atoms with Crippen LogP contribution in [0.5, 0.6) is 0 Å². The number of aromatic nitrogens is 4. The highest BCUT2D eigenvalue weighted by Crippen LogP contribution is 2.31. The van der Waals surface area contributed by atoms with E-state index in [1.807, 2.05) is 0 Å². The van der Waals surface area contributed by atoms with Gasteiger partial charge in [-0.15, -0.1) is 10.2 Å². The second-order valence-electron chi connectivity index (χ2n) is 2.43. The van der Waals surface area contributed by atoms with Gasteiger partial charge in [0.2, 0.25) is 5.82 Å². The van der Waals surface area contributed by atoms with Gasteiger partial charge in [0.1, 0.15) is 0 Å². The van der Waals surface area contributed by atoms with Crippen LogP contribution in [0.15, 0.2) is 12.4 Å². The topological polar surface area (TPSA) is 43.1 Å². The van der Waals surface area contributed by atoms with E-state index in [1.54, 1.807) is 0 Å². The first kappa shape index (κ1) is 9.54. The molecule has 0 aromatic carbocycles. The predicted octanol–water partition coefficient (Wildman–Crippen LogP) is 2.07. The number of hydrogen-bond donors (Lipinski definition) is 0. The minimum atomic E-state index is -3.58. The molecule has 0 aliphatic heterocycles. The summed E-state index contributed by atoms with van der Waals surface area (Å²) in [6, 6.07) is 0. The van der Waals surface area contributed by atoms with E-state index in [0.717, 1.165) is 4.40 Å². The quantitative estimate of drug-likeness (QED) is 0.715. The fourth-order valence-electron chi connectivity index (χ4n) is 0.990. The summed E-state index contributed by atoms with van der Waals surface area (Å²) in [5.41, 5.74) is 0.0458. The van der Waals surface area contributed by atoms with Crippen LogP contribution in [0.3, 0.4) is 0 Å². The molecule has 4 nitrogen and oxygen atoms in total. The van der Waals surface area contributed by atoms with Gasteiger partial charge in [0.05, 0.1) is 0 Å². The monoisotopic (exact) mass is 238 g/mol. The molecule has 0 aliphatic carbocycles. The maximum atomic E-state index is 12.7. The van der Waals surface area contributed by atoms with E-state index in [9.17, 15) is 8.78 Å². The summed E-state index contributed by atoms with van der Waals surface area (Å²) in [7, 11) is 0. The smallest absolute Gasteiger partial charge is 0.276 e. The van der Waals surface area contributed by atoms with E-state index >= 15 is 0 Å². The van der Waals surface area contributed by atoms with Gasteiger partial charge < -0.3 is 0 Å². The average molecular weight is 239 g/mol. The van der Waals surface area contributed by atoms with Crippen LogP contribution in [0, 0.1) is 0 Å². The molecule has 0 radical (unpaired) electrons. The van der Waals surface area contributed by atoms with Crippen molar-refractivity contribution in [3.63, 3.8) is 0 Å². The van der Waals surface area contributed by atoms with Crippen molar-refractivity contribution in [3.8, 4) is 0 Å². The van der Waals surface area contributed by atoms with Crippen molar-refractivity contribution in [2.75, 3.05) is 0 Å². The minimum absolute atomic E-state index is 0.00725. The molecule has 0 bridgehead atoms. The molecule has 2 rings (SSSR count). The largest absolute Gasteiger partial charge is 0.382 e. The summed E-state index contributed by atoms with van der Waals surface area (Å²) >= 11 is 10.4. The summed E-state index contributed by atoms with van der Waals surface area (Å²) in [4.78, 5) is 3.66. The summed E-state index contributed by atoms with van der Waals surface area (Å²) in [5, 5.41) is 3.09. The number of nitrogens with zero attached hydrogens (tertiary/aromatic N) is 4. The van der Waals surface area contributed by atoms with Crippen LogP contribution in [0.2, 0.25) is 5.15 Å². The molecule has 2 heterocycles. The zero-order valence-corrected chi connectivity index (χ0v) is 7.97. The maximum absolute atomic E-state index is 12.7. The lowest BCUT2D eigenvalue weighted by Crippen LogP contribution is -2.09. The highest BCUT2D eigenvalue weighted by Gasteiger charge is 2.34. The highest BCUT2D eigenvalue weighted by atomic mass is 35.5. The third kappa shape index (κ3) is 1.40. The number of halogens is 4. The van der Waals surface area contributed by atoms with Crippen molar-refractivity contribution in [2.24, 2.45) is 0 Å². The molecule has 2 aromatic rings. The molecule has 0 saturated heterocycles. The molecule has 14 heavy (non-hydrogen) atoms. The summed E-state index contributed by atoms with van der Waals surface area (Å²) < 4.78 is 26.4. The van der Waals surface area contributed by atoms with E-state index in [0.29, 0.717) is 0 Å². The van der Waals surface area contributed by atoms with E-state index in [-0.39, 0.29) is 10.8 Å². The standard InChI is InChI=1S/C6H2Cl2F2N4/c7-3-4-12-13-5(6(8,9)10)14(4)2-1-11-3/h1-2H. The lowest BCUT2D eigenvalue weighted by atomic mass is 10.6. The van der Waals surface area contributed by atoms with E-state index < -0.39 is 11.2 Å². The fraction of sp³-hybridized carbons (Fsp3) is 0.167. The van der Waals surface area contributed by atoms with Gasteiger partial charge in [-0.25, -0.2) is 4.98 Å². The van der Waals surface area contributed by atoms with Crippen LogP contribution < -0.4 is 0 Å². The van der Waals surface area contributed by atoms with Crippen LogP contribution in [0.25, 0.3) is 5.65 Å². The summed E-state index contributed by atoms with van der Waals surface area (Å²) in [5.74, 6) is -0.682. The van der Waals surface area contributed by atoms with Gasteiger partial charge in [-0.1, -0.05) is 11.6 Å². The molecule has 0 amide bonds. The Balaban J connectivity index is 2.76. The van der Waals surface area contributed by atoms with Gasteiger partial charge in [-0.05, 0) is 11.6 Å². The highest BCUT2D eigenvalue weighted by molar-refractivity contribution is 6.32. The molecule has 0 unspecified atom stereocenters. The maximum Gasteiger partial charge on any atom is 0.382 e. The lowest BCUT2D eigenvalue weighted by Gasteiger charge is -2.04. The normalized spacial score (nSPS) is 12.3. The molecule has 0 N–H and O–H groups in total. The van der Waals surface area contributed by atoms with Crippen molar-refractivity contribution in [3.05, 3.63) is 23.4 Å². The van der Waals surface area contributed by atoms with Crippen LogP contribution in [0.4, 0.5) is 8.78 Å². The van der Waals surface area contributed by atoms with E-state index in [4.69, 9.17) is 23.2 Å². The SMILES string of the molecule is FC(F)(Cl)c1nnc2c(Cl)nccn12. The third-order valence-electron chi connectivity index (χ3n) is 1.54. The number of hydrogen-bond acceptors (Lipinski definition) is 3. The lowest BCUT2D eigenvalue weighted by molar-refractivity contribution is 0.0832. The zero-order chi connectivity index (χ0) is 10.3. The van der Waals surface area contributed by atoms with Crippen molar-refractivity contribution in [1.29, 1.82) is 0 Å². The minimum Gasteiger partial charge on any atom is -0.276 e. The second-order valence-corrected chi connectivity index (χ2v) is 3.27. The van der Waals surface area contributed by atoms with Gasteiger partial charge in [-0.3, -0.25) is 4.40 Å². The Morgan fingerprint density at radius 2 is 2.07 bits per heavy atom. The Hall–Kier alpha value is -1.01. The van der Waals surface area contributed by atoms with Crippen LogP contribution in [-0.2, 0) is 5.38 Å². The molecule has 2 aromatic heterocycles. The first-order valence-electron chi connectivity index (χ1n) is 3.42. The van der Waals surface area contributed by atoms with Gasteiger partial charge in [0, 0.05) is 12.4 Å². The molecular formula is C6H2Cl2F2N4. The van der Waals surface area contributed by atoms with Gasteiger partial charge in [0.15, 0.2) is 10.8 Å². The van der Waals surface area contributed by atoms with E-state index in [1.165, 1.54) is 12.4 Å². The molecule has 74 valence electrons. The molecular weight excluding hydrogens is 237 g/mol. The first-order chi connectivity index (χ1) is 6.50. The number of fused-ring (bicyclic) bond motifs is 1. The van der Waals surface area contributed by atoms with Crippen molar-refractivity contribution in [1.82, 2.24) is 19.6 Å². The van der Waals surface area contributed by atoms with Crippen molar-refractivity contribution >= 4 is 28.8 Å². The van der Waals surface area contributed by atoms with Crippen LogP contribution in [-0.4, -0.2) is 19.6 Å². The zero-order valence-electron chi connectivity index (χ0n) is 6.46. The fourth-order valence-corrected chi connectivity index (χ4v) is 1.30.